The molecule has 1 saturated heterocycles. The van der Waals surface area contributed by atoms with Crippen LogP contribution in [0, 0.1) is 23.3 Å². The number of hydrogen-bond donors (Lipinski definition) is 3. The first kappa shape index (κ1) is 23.6. The molecule has 1 aromatic carbocycles. The lowest BCUT2D eigenvalue weighted by Crippen LogP contribution is -2.43. The topological polar surface area (TPSA) is 151 Å². The molecule has 1 unspecified atom stereocenters. The van der Waals surface area contributed by atoms with Crippen LogP contribution >= 0.6 is 0 Å². The third-order valence-electron chi connectivity index (χ3n) is 5.99. The van der Waals surface area contributed by atoms with Crippen molar-refractivity contribution in [2.45, 2.75) is 51.0 Å². The van der Waals surface area contributed by atoms with Gasteiger partial charge < -0.3 is 20.1 Å². The fourth-order valence-corrected chi connectivity index (χ4v) is 4.20. The van der Waals surface area contributed by atoms with Gasteiger partial charge in [-0.3, -0.25) is 5.84 Å². The number of rotatable bonds is 8. The van der Waals surface area contributed by atoms with Crippen molar-refractivity contribution >= 4 is 23.6 Å². The van der Waals surface area contributed by atoms with E-state index in [2.05, 4.69) is 30.3 Å². The summed E-state index contributed by atoms with van der Waals surface area (Å²) in [4.78, 5) is 25.3. The van der Waals surface area contributed by atoms with E-state index in [9.17, 15) is 9.18 Å². The molecule has 34 heavy (non-hydrogen) atoms. The number of nitrogens with zero attached hydrogens (tertiary/aromatic N) is 5. The van der Waals surface area contributed by atoms with E-state index in [4.69, 9.17) is 15.8 Å². The number of hydrogen-bond acceptors (Lipinski definition) is 11. The van der Waals surface area contributed by atoms with Crippen LogP contribution < -0.4 is 25.9 Å². The summed E-state index contributed by atoms with van der Waals surface area (Å²) in [6.45, 7) is 1.29. The molecular formula is C22H27FN8O3. The van der Waals surface area contributed by atoms with E-state index in [0.29, 0.717) is 31.1 Å². The zero-order chi connectivity index (χ0) is 23.9. The van der Waals surface area contributed by atoms with Gasteiger partial charge in [0.25, 0.3) is 6.26 Å². The normalized spacial score (nSPS) is 18.8. The minimum Gasteiger partial charge on any atom is -0.389 e. The van der Waals surface area contributed by atoms with Crippen LogP contribution in [-0.4, -0.2) is 45.1 Å². The molecule has 2 aromatic rings. The van der Waals surface area contributed by atoms with Crippen molar-refractivity contribution in [2.24, 2.45) is 11.8 Å². The summed E-state index contributed by atoms with van der Waals surface area (Å²) in [5.74, 6) is 5.21. The molecule has 0 amide bonds. The molecule has 2 fully saturated rings. The van der Waals surface area contributed by atoms with Gasteiger partial charge in [0.1, 0.15) is 6.04 Å². The van der Waals surface area contributed by atoms with E-state index in [-0.39, 0.29) is 23.7 Å². The average Bonchev–Trinajstić information content (AvgIpc) is 3.26. The number of esters is 1. The summed E-state index contributed by atoms with van der Waals surface area (Å²) in [6.07, 6.45) is 8.75. The van der Waals surface area contributed by atoms with Gasteiger partial charge in [-0.25, -0.2) is 14.2 Å². The van der Waals surface area contributed by atoms with Crippen LogP contribution in [0.25, 0.3) is 0 Å². The second-order valence-electron chi connectivity index (χ2n) is 8.43. The standard InChI is InChI=1S/C22H27FN8O3/c23-16-11-15(8-9-18(16)33-13-24)27-21-28-20(26-12-14-5-2-1-3-6-14)29-22(30-21)34-19(32)17-7-4-10-31(17)25/h8-9,11,14,17H,1-7,10,12,25H2,(H2,26,27,28,29,30). The summed E-state index contributed by atoms with van der Waals surface area (Å²) >= 11 is 0. The first-order chi connectivity index (χ1) is 16.5. The Balaban J connectivity index is 1.52. The summed E-state index contributed by atoms with van der Waals surface area (Å²) in [6, 6.07) is 3.21. The number of carbonyl (C=O) groups excluding carboxylic acids is 1. The number of benzene rings is 1. The summed E-state index contributed by atoms with van der Waals surface area (Å²) in [5, 5.41) is 16.1. The van der Waals surface area contributed by atoms with Gasteiger partial charge in [-0.2, -0.15) is 15.0 Å². The Morgan fingerprint density at radius 3 is 2.68 bits per heavy atom. The van der Waals surface area contributed by atoms with Crippen LogP contribution in [-0.2, 0) is 4.79 Å². The van der Waals surface area contributed by atoms with E-state index >= 15 is 0 Å². The number of halogens is 1. The van der Waals surface area contributed by atoms with E-state index in [1.165, 1.54) is 42.7 Å². The fraction of sp³-hybridized carbons (Fsp3) is 0.500. The number of aromatic nitrogens is 3. The van der Waals surface area contributed by atoms with E-state index in [0.717, 1.165) is 25.3 Å². The zero-order valence-corrected chi connectivity index (χ0v) is 18.7. The lowest BCUT2D eigenvalue weighted by Gasteiger charge is -2.22. The molecule has 0 spiro atoms. The first-order valence-corrected chi connectivity index (χ1v) is 11.4. The molecule has 1 aliphatic carbocycles. The van der Waals surface area contributed by atoms with Gasteiger partial charge in [-0.05, 0) is 43.7 Å². The highest BCUT2D eigenvalue weighted by molar-refractivity contribution is 5.78. The predicted octanol–water partition coefficient (Wildman–Crippen LogP) is 2.85. The Labute approximate surface area is 196 Å². The molecule has 180 valence electrons. The molecule has 1 aliphatic heterocycles. The fourth-order valence-electron chi connectivity index (χ4n) is 4.20. The number of nitrogens with two attached hydrogens (primary N) is 1. The van der Waals surface area contributed by atoms with Crippen molar-refractivity contribution in [3.05, 3.63) is 24.0 Å². The van der Waals surface area contributed by atoms with E-state index in [1.54, 1.807) is 0 Å². The lowest BCUT2D eigenvalue weighted by molar-refractivity contribution is -0.140. The summed E-state index contributed by atoms with van der Waals surface area (Å²) in [5.41, 5.74) is 0.313. The quantitative estimate of drug-likeness (QED) is 0.297. The van der Waals surface area contributed by atoms with Crippen molar-refractivity contribution < 1.29 is 18.7 Å². The highest BCUT2D eigenvalue weighted by Gasteiger charge is 2.31. The Kier molecular flexibility index (Phi) is 7.66. The zero-order valence-electron chi connectivity index (χ0n) is 18.7. The van der Waals surface area contributed by atoms with Crippen molar-refractivity contribution in [1.29, 1.82) is 5.26 Å². The summed E-state index contributed by atoms with van der Waals surface area (Å²) in [7, 11) is 0. The van der Waals surface area contributed by atoms with Crippen LogP contribution in [0.15, 0.2) is 18.2 Å². The Hall–Kier alpha value is -3.56. The third-order valence-corrected chi connectivity index (χ3v) is 5.99. The number of nitriles is 1. The highest BCUT2D eigenvalue weighted by atomic mass is 19.1. The van der Waals surface area contributed by atoms with Crippen LogP contribution in [0.1, 0.15) is 44.9 Å². The third kappa shape index (κ3) is 6.06. The van der Waals surface area contributed by atoms with Gasteiger partial charge in [-0.15, -0.1) is 5.26 Å². The van der Waals surface area contributed by atoms with Crippen molar-refractivity contribution in [3.63, 3.8) is 0 Å². The second kappa shape index (κ2) is 11.0. The van der Waals surface area contributed by atoms with Gasteiger partial charge in [0.15, 0.2) is 11.6 Å². The second-order valence-corrected chi connectivity index (χ2v) is 8.43. The van der Waals surface area contributed by atoms with Crippen LogP contribution in [0.4, 0.5) is 22.0 Å². The van der Waals surface area contributed by atoms with Crippen molar-refractivity contribution in [2.75, 3.05) is 23.7 Å². The monoisotopic (exact) mass is 470 g/mol. The largest absolute Gasteiger partial charge is 0.389 e. The molecule has 1 aromatic heterocycles. The number of ether oxygens (including phenoxy) is 2. The lowest BCUT2D eigenvalue weighted by atomic mass is 9.89. The molecule has 4 rings (SSSR count). The van der Waals surface area contributed by atoms with Crippen molar-refractivity contribution in [1.82, 2.24) is 20.0 Å². The molecule has 2 heterocycles. The molecule has 0 bridgehead atoms. The van der Waals surface area contributed by atoms with Gasteiger partial charge in [0.05, 0.1) is 0 Å². The maximum Gasteiger partial charge on any atom is 0.332 e. The molecule has 4 N–H and O–H groups in total. The van der Waals surface area contributed by atoms with Crippen molar-refractivity contribution in [3.8, 4) is 18.0 Å². The molecule has 2 aliphatic rings. The molecule has 11 nitrogen and oxygen atoms in total. The number of carbonyl (C=O) groups is 1. The molecule has 1 atom stereocenters. The molecule has 1 saturated carbocycles. The van der Waals surface area contributed by atoms with Gasteiger partial charge in [0, 0.05) is 24.8 Å². The molecule has 12 heteroatoms. The minimum atomic E-state index is -0.729. The number of nitrogens with one attached hydrogen (secondary N) is 2. The van der Waals surface area contributed by atoms with Gasteiger partial charge in [0.2, 0.25) is 11.9 Å². The Bertz CT molecular complexity index is 1060. The minimum absolute atomic E-state index is 0.0633. The number of hydrazine groups is 1. The van der Waals surface area contributed by atoms with Gasteiger partial charge in [-0.1, -0.05) is 19.3 Å². The predicted molar refractivity (Wildman–Crippen MR) is 120 cm³/mol. The van der Waals surface area contributed by atoms with E-state index in [1.807, 2.05) is 0 Å². The van der Waals surface area contributed by atoms with Crippen LogP contribution in [0.2, 0.25) is 0 Å². The maximum absolute atomic E-state index is 14.1. The highest BCUT2D eigenvalue weighted by Crippen LogP contribution is 2.26. The molecule has 0 radical (unpaired) electrons. The van der Waals surface area contributed by atoms with E-state index < -0.39 is 17.8 Å². The summed E-state index contributed by atoms with van der Waals surface area (Å²) < 4.78 is 24.1. The smallest absolute Gasteiger partial charge is 0.332 e. The van der Waals surface area contributed by atoms with Gasteiger partial charge >= 0.3 is 12.0 Å². The number of anilines is 3. The Morgan fingerprint density at radius 1 is 1.18 bits per heavy atom. The van der Waals surface area contributed by atoms with Crippen LogP contribution in [0.3, 0.4) is 0 Å². The Morgan fingerprint density at radius 2 is 1.97 bits per heavy atom. The SMILES string of the molecule is N#COc1ccc(Nc2nc(NCC3CCCCC3)nc(OC(=O)C3CCCN3N)n2)cc1F. The van der Waals surface area contributed by atoms with Crippen LogP contribution in [0.5, 0.6) is 11.8 Å². The average molecular weight is 471 g/mol. The first-order valence-electron chi connectivity index (χ1n) is 11.4. The maximum atomic E-state index is 14.1. The molecular weight excluding hydrogens is 443 g/mol.